The van der Waals surface area contributed by atoms with Gasteiger partial charge in [0, 0.05) is 17.9 Å². The first-order chi connectivity index (χ1) is 7.34. The number of nitrogen functional groups attached to an aromatic ring is 1. The zero-order valence-corrected chi connectivity index (χ0v) is 8.30. The van der Waals surface area contributed by atoms with E-state index in [1.54, 1.807) is 11.0 Å². The molecule has 1 aromatic carbocycles. The normalized spacial score (nSPS) is 10.1. The van der Waals surface area contributed by atoms with E-state index in [0.29, 0.717) is 0 Å². The van der Waals surface area contributed by atoms with E-state index in [-0.39, 0.29) is 0 Å². The first-order valence-electron chi connectivity index (χ1n) is 4.76. The maximum Gasteiger partial charge on any atom is 0.137 e. The van der Waals surface area contributed by atoms with Crippen LogP contribution in [0.25, 0.3) is 0 Å². The summed E-state index contributed by atoms with van der Waals surface area (Å²) in [6, 6.07) is 7.66. The zero-order valence-electron chi connectivity index (χ0n) is 8.30. The number of rotatable bonds is 4. The fourth-order valence-electron chi connectivity index (χ4n) is 1.26. The SMILES string of the molecule is Nc1ccc(NCCn2cncn2)cc1. The van der Waals surface area contributed by atoms with E-state index in [2.05, 4.69) is 15.4 Å². The zero-order chi connectivity index (χ0) is 10.5. The van der Waals surface area contributed by atoms with E-state index in [9.17, 15) is 0 Å². The third-order valence-corrected chi connectivity index (χ3v) is 2.05. The van der Waals surface area contributed by atoms with Crippen molar-refractivity contribution in [1.29, 1.82) is 0 Å². The summed E-state index contributed by atoms with van der Waals surface area (Å²) in [5.41, 5.74) is 7.42. The van der Waals surface area contributed by atoms with Crippen molar-refractivity contribution in [2.45, 2.75) is 6.54 Å². The van der Waals surface area contributed by atoms with Crippen LogP contribution in [0, 0.1) is 0 Å². The molecule has 5 nitrogen and oxygen atoms in total. The monoisotopic (exact) mass is 203 g/mol. The minimum atomic E-state index is 0.775. The van der Waals surface area contributed by atoms with Crippen LogP contribution < -0.4 is 11.1 Å². The average molecular weight is 203 g/mol. The summed E-state index contributed by atoms with van der Waals surface area (Å²) in [7, 11) is 0. The van der Waals surface area contributed by atoms with Gasteiger partial charge in [0.15, 0.2) is 0 Å². The molecule has 0 radical (unpaired) electrons. The number of hydrogen-bond donors (Lipinski definition) is 2. The highest BCUT2D eigenvalue weighted by Gasteiger charge is 1.92. The van der Waals surface area contributed by atoms with E-state index < -0.39 is 0 Å². The van der Waals surface area contributed by atoms with Gasteiger partial charge in [0.1, 0.15) is 12.7 Å². The molecule has 1 aromatic heterocycles. The highest BCUT2D eigenvalue weighted by atomic mass is 15.3. The predicted octanol–water partition coefficient (Wildman–Crippen LogP) is 0.972. The van der Waals surface area contributed by atoms with Crippen LogP contribution in [0.3, 0.4) is 0 Å². The van der Waals surface area contributed by atoms with Crippen molar-refractivity contribution in [3.8, 4) is 0 Å². The highest BCUT2D eigenvalue weighted by Crippen LogP contribution is 2.09. The number of nitrogens with one attached hydrogen (secondary N) is 1. The van der Waals surface area contributed by atoms with Gasteiger partial charge in [-0.25, -0.2) is 4.98 Å². The van der Waals surface area contributed by atoms with Crippen LogP contribution in [0.2, 0.25) is 0 Å². The van der Waals surface area contributed by atoms with Gasteiger partial charge in [0.25, 0.3) is 0 Å². The molecule has 1 heterocycles. The molecule has 3 N–H and O–H groups in total. The standard InChI is InChI=1S/C10H13N5/c11-9-1-3-10(4-2-9)13-5-6-15-8-12-7-14-15/h1-4,7-8,13H,5-6,11H2. The van der Waals surface area contributed by atoms with Gasteiger partial charge in [0.05, 0.1) is 6.54 Å². The summed E-state index contributed by atoms with van der Waals surface area (Å²) in [6.07, 6.45) is 3.23. The van der Waals surface area contributed by atoms with E-state index >= 15 is 0 Å². The lowest BCUT2D eigenvalue weighted by molar-refractivity contribution is 0.636. The largest absolute Gasteiger partial charge is 0.399 e. The summed E-state index contributed by atoms with van der Waals surface area (Å²) in [6.45, 7) is 1.61. The molecule has 0 aliphatic heterocycles. The first-order valence-corrected chi connectivity index (χ1v) is 4.76. The minimum absolute atomic E-state index is 0.775. The molecule has 0 fully saturated rings. The van der Waals surface area contributed by atoms with Crippen LogP contribution in [0.5, 0.6) is 0 Å². The lowest BCUT2D eigenvalue weighted by Gasteiger charge is -2.06. The van der Waals surface area contributed by atoms with Crippen molar-refractivity contribution in [3.63, 3.8) is 0 Å². The fraction of sp³-hybridized carbons (Fsp3) is 0.200. The molecule has 15 heavy (non-hydrogen) atoms. The van der Waals surface area contributed by atoms with E-state index in [1.807, 2.05) is 24.3 Å². The molecule has 2 rings (SSSR count). The molecule has 0 saturated carbocycles. The Balaban J connectivity index is 1.81. The second kappa shape index (κ2) is 4.45. The van der Waals surface area contributed by atoms with Crippen molar-refractivity contribution in [2.75, 3.05) is 17.6 Å². The van der Waals surface area contributed by atoms with Gasteiger partial charge in [0.2, 0.25) is 0 Å². The smallest absolute Gasteiger partial charge is 0.137 e. The number of nitrogens with two attached hydrogens (primary N) is 1. The van der Waals surface area contributed by atoms with Crippen LogP contribution in [0.1, 0.15) is 0 Å². The van der Waals surface area contributed by atoms with Gasteiger partial charge in [-0.3, -0.25) is 4.68 Å². The Kier molecular flexibility index (Phi) is 2.82. The number of aromatic nitrogens is 3. The predicted molar refractivity (Wildman–Crippen MR) is 59.4 cm³/mol. The Morgan fingerprint density at radius 3 is 2.73 bits per heavy atom. The molecule has 0 aliphatic rings. The topological polar surface area (TPSA) is 68.8 Å². The summed E-state index contributed by atoms with van der Waals surface area (Å²) >= 11 is 0. The van der Waals surface area contributed by atoms with Crippen molar-refractivity contribution >= 4 is 11.4 Å². The van der Waals surface area contributed by atoms with Crippen molar-refractivity contribution in [3.05, 3.63) is 36.9 Å². The molecule has 0 spiro atoms. The molecule has 78 valence electrons. The van der Waals surface area contributed by atoms with Crippen LogP contribution in [0.15, 0.2) is 36.9 Å². The molecule has 0 bridgehead atoms. The van der Waals surface area contributed by atoms with Crippen molar-refractivity contribution < 1.29 is 0 Å². The Labute approximate surface area is 87.9 Å². The van der Waals surface area contributed by atoms with Crippen LogP contribution >= 0.6 is 0 Å². The molecule has 0 saturated heterocycles. The molecule has 0 atom stereocenters. The van der Waals surface area contributed by atoms with Gasteiger partial charge in [-0.2, -0.15) is 5.10 Å². The van der Waals surface area contributed by atoms with E-state index in [1.165, 1.54) is 6.33 Å². The third-order valence-electron chi connectivity index (χ3n) is 2.05. The van der Waals surface area contributed by atoms with Gasteiger partial charge < -0.3 is 11.1 Å². The molecule has 0 aliphatic carbocycles. The van der Waals surface area contributed by atoms with Gasteiger partial charge in [-0.15, -0.1) is 0 Å². The van der Waals surface area contributed by atoms with Crippen molar-refractivity contribution in [1.82, 2.24) is 14.8 Å². The maximum atomic E-state index is 5.58. The molecule has 2 aromatic rings. The first kappa shape index (κ1) is 9.51. The second-order valence-electron chi connectivity index (χ2n) is 3.21. The molecule has 0 unspecified atom stereocenters. The highest BCUT2D eigenvalue weighted by molar-refractivity contribution is 5.50. The Hall–Kier alpha value is -2.04. The van der Waals surface area contributed by atoms with Crippen LogP contribution in [-0.4, -0.2) is 21.3 Å². The quantitative estimate of drug-likeness (QED) is 0.726. The van der Waals surface area contributed by atoms with Gasteiger partial charge in [-0.05, 0) is 24.3 Å². The summed E-state index contributed by atoms with van der Waals surface area (Å²) < 4.78 is 1.78. The number of benzene rings is 1. The van der Waals surface area contributed by atoms with Crippen LogP contribution in [0.4, 0.5) is 11.4 Å². The van der Waals surface area contributed by atoms with Crippen LogP contribution in [-0.2, 0) is 6.54 Å². The van der Waals surface area contributed by atoms with Gasteiger partial charge in [-0.1, -0.05) is 0 Å². The Bertz CT molecular complexity index is 392. The molecule has 5 heteroatoms. The second-order valence-corrected chi connectivity index (χ2v) is 3.21. The van der Waals surface area contributed by atoms with Crippen molar-refractivity contribution in [2.24, 2.45) is 0 Å². The lowest BCUT2D eigenvalue weighted by atomic mass is 10.3. The Morgan fingerprint density at radius 2 is 2.07 bits per heavy atom. The number of anilines is 2. The fourth-order valence-corrected chi connectivity index (χ4v) is 1.26. The molecular formula is C10H13N5. The summed E-state index contributed by atoms with van der Waals surface area (Å²) in [5, 5.41) is 7.27. The maximum absolute atomic E-state index is 5.58. The number of nitrogens with zero attached hydrogens (tertiary/aromatic N) is 3. The minimum Gasteiger partial charge on any atom is -0.399 e. The van der Waals surface area contributed by atoms with E-state index in [4.69, 9.17) is 5.73 Å². The lowest BCUT2D eigenvalue weighted by Crippen LogP contribution is -2.10. The number of hydrogen-bond acceptors (Lipinski definition) is 4. The Morgan fingerprint density at radius 1 is 1.27 bits per heavy atom. The molecular weight excluding hydrogens is 190 g/mol. The average Bonchev–Trinajstić information content (AvgIpc) is 2.74. The van der Waals surface area contributed by atoms with E-state index in [0.717, 1.165) is 24.5 Å². The summed E-state index contributed by atoms with van der Waals surface area (Å²) in [4.78, 5) is 3.87. The molecule has 0 amide bonds. The third kappa shape index (κ3) is 2.70. The van der Waals surface area contributed by atoms with Gasteiger partial charge >= 0.3 is 0 Å². The summed E-state index contributed by atoms with van der Waals surface area (Å²) in [5.74, 6) is 0.